The number of carbonyl (C=O) groups is 1. The maximum Gasteiger partial charge on any atom is 0.236 e. The Morgan fingerprint density at radius 3 is 2.38 bits per heavy atom. The summed E-state index contributed by atoms with van der Waals surface area (Å²) >= 11 is 4.78. The van der Waals surface area contributed by atoms with Crippen LogP contribution in [0.2, 0.25) is 0 Å². The molecule has 0 rings (SSSR count). The first-order valence-electron chi connectivity index (χ1n) is 5.75. The van der Waals surface area contributed by atoms with Crippen LogP contribution in [-0.2, 0) is 4.79 Å². The summed E-state index contributed by atoms with van der Waals surface area (Å²) in [6.45, 7) is 7.14. The number of nitrogens with zero attached hydrogens (tertiary/aromatic N) is 2. The van der Waals surface area contributed by atoms with E-state index in [0.717, 1.165) is 19.5 Å². The molecule has 94 valence electrons. The SMILES string of the molecule is CCCN(CC)CC(=O)N(C)CCC(N)=S. The van der Waals surface area contributed by atoms with E-state index in [1.807, 2.05) is 0 Å². The van der Waals surface area contributed by atoms with Crippen LogP contribution in [0.15, 0.2) is 0 Å². The lowest BCUT2D eigenvalue weighted by Gasteiger charge is -2.23. The smallest absolute Gasteiger partial charge is 0.236 e. The van der Waals surface area contributed by atoms with Crippen molar-refractivity contribution in [2.45, 2.75) is 26.7 Å². The molecule has 5 heteroatoms. The maximum absolute atomic E-state index is 11.8. The van der Waals surface area contributed by atoms with Crippen LogP contribution in [-0.4, -0.2) is 53.9 Å². The Kier molecular flexibility index (Phi) is 8.11. The number of amides is 1. The standard InChI is InChI=1S/C11H23N3OS/c1-4-7-14(5-2)9-11(15)13(3)8-6-10(12)16/h4-9H2,1-3H3,(H2,12,16). The number of hydrogen-bond donors (Lipinski definition) is 1. The Labute approximate surface area is 104 Å². The number of hydrogen-bond acceptors (Lipinski definition) is 3. The predicted molar refractivity (Wildman–Crippen MR) is 71.4 cm³/mol. The third kappa shape index (κ3) is 6.74. The Morgan fingerprint density at radius 1 is 1.31 bits per heavy atom. The van der Waals surface area contributed by atoms with Crippen LogP contribution < -0.4 is 5.73 Å². The second-order valence-electron chi connectivity index (χ2n) is 3.90. The van der Waals surface area contributed by atoms with Crippen LogP contribution in [0.4, 0.5) is 0 Å². The van der Waals surface area contributed by atoms with E-state index in [4.69, 9.17) is 18.0 Å². The van der Waals surface area contributed by atoms with Crippen molar-refractivity contribution in [3.05, 3.63) is 0 Å². The van der Waals surface area contributed by atoms with E-state index in [9.17, 15) is 4.79 Å². The normalized spacial score (nSPS) is 10.5. The lowest BCUT2D eigenvalue weighted by atomic mass is 10.3. The van der Waals surface area contributed by atoms with Crippen molar-refractivity contribution < 1.29 is 4.79 Å². The highest BCUT2D eigenvalue weighted by atomic mass is 32.1. The number of rotatable bonds is 8. The van der Waals surface area contributed by atoms with Gasteiger partial charge in [-0.1, -0.05) is 26.1 Å². The van der Waals surface area contributed by atoms with E-state index in [2.05, 4.69) is 18.7 Å². The summed E-state index contributed by atoms with van der Waals surface area (Å²) < 4.78 is 0. The minimum absolute atomic E-state index is 0.131. The molecule has 0 unspecified atom stereocenters. The molecule has 0 saturated heterocycles. The molecule has 1 amide bonds. The quantitative estimate of drug-likeness (QED) is 0.644. The molecular formula is C11H23N3OS. The van der Waals surface area contributed by atoms with Crippen LogP contribution in [0.3, 0.4) is 0 Å². The molecule has 0 aliphatic heterocycles. The second kappa shape index (κ2) is 8.47. The van der Waals surface area contributed by atoms with Crippen molar-refractivity contribution in [2.75, 3.05) is 33.2 Å². The summed E-state index contributed by atoms with van der Waals surface area (Å²) in [7, 11) is 1.79. The van der Waals surface area contributed by atoms with Gasteiger partial charge in [0.25, 0.3) is 0 Å². The zero-order valence-electron chi connectivity index (χ0n) is 10.5. The predicted octanol–water partition coefficient (Wildman–Crippen LogP) is 0.853. The minimum Gasteiger partial charge on any atom is -0.393 e. The topological polar surface area (TPSA) is 49.6 Å². The molecule has 0 aromatic carbocycles. The molecule has 0 aromatic heterocycles. The molecule has 16 heavy (non-hydrogen) atoms. The number of nitrogens with two attached hydrogens (primary N) is 1. The van der Waals surface area contributed by atoms with Gasteiger partial charge in [0.1, 0.15) is 0 Å². The first-order valence-corrected chi connectivity index (χ1v) is 6.16. The third-order valence-electron chi connectivity index (χ3n) is 2.47. The number of likely N-dealkylation sites (N-methyl/N-ethyl adjacent to an activating group) is 2. The van der Waals surface area contributed by atoms with Gasteiger partial charge in [0.15, 0.2) is 0 Å². The van der Waals surface area contributed by atoms with E-state index in [1.54, 1.807) is 11.9 Å². The molecule has 0 saturated carbocycles. The fourth-order valence-corrected chi connectivity index (χ4v) is 1.47. The molecule has 2 N–H and O–H groups in total. The zero-order chi connectivity index (χ0) is 12.6. The van der Waals surface area contributed by atoms with Crippen molar-refractivity contribution in [1.82, 2.24) is 9.80 Å². The van der Waals surface area contributed by atoms with Gasteiger partial charge in [-0.05, 0) is 19.5 Å². The maximum atomic E-state index is 11.8. The highest BCUT2D eigenvalue weighted by Crippen LogP contribution is 1.95. The van der Waals surface area contributed by atoms with E-state index in [0.29, 0.717) is 24.5 Å². The first kappa shape index (κ1) is 15.3. The monoisotopic (exact) mass is 245 g/mol. The van der Waals surface area contributed by atoms with Crippen LogP contribution in [0.25, 0.3) is 0 Å². The van der Waals surface area contributed by atoms with Gasteiger partial charge in [-0.2, -0.15) is 0 Å². The van der Waals surface area contributed by atoms with Gasteiger partial charge in [0.05, 0.1) is 11.5 Å². The van der Waals surface area contributed by atoms with E-state index in [1.165, 1.54) is 0 Å². The lowest BCUT2D eigenvalue weighted by Crippen LogP contribution is -2.39. The molecule has 0 aliphatic carbocycles. The number of carbonyl (C=O) groups excluding carboxylic acids is 1. The summed E-state index contributed by atoms with van der Waals surface area (Å²) in [5, 5.41) is 0. The van der Waals surface area contributed by atoms with Gasteiger partial charge in [0, 0.05) is 20.0 Å². The minimum atomic E-state index is 0.131. The van der Waals surface area contributed by atoms with Crippen LogP contribution >= 0.6 is 12.2 Å². The second-order valence-corrected chi connectivity index (χ2v) is 4.42. The summed E-state index contributed by atoms with van der Waals surface area (Å²) in [6.07, 6.45) is 1.66. The van der Waals surface area contributed by atoms with Crippen LogP contribution in [0.1, 0.15) is 26.7 Å². The fourth-order valence-electron chi connectivity index (χ4n) is 1.38. The summed E-state index contributed by atoms with van der Waals surface area (Å²) in [5.41, 5.74) is 5.40. The molecule has 0 bridgehead atoms. The van der Waals surface area contributed by atoms with Crippen molar-refractivity contribution in [3.63, 3.8) is 0 Å². The highest BCUT2D eigenvalue weighted by Gasteiger charge is 2.12. The molecule has 0 spiro atoms. The summed E-state index contributed by atoms with van der Waals surface area (Å²) in [4.78, 5) is 16.1. The van der Waals surface area contributed by atoms with Gasteiger partial charge >= 0.3 is 0 Å². The Bertz CT molecular complexity index is 233. The molecule has 0 heterocycles. The van der Waals surface area contributed by atoms with E-state index >= 15 is 0 Å². The van der Waals surface area contributed by atoms with Crippen molar-refractivity contribution in [1.29, 1.82) is 0 Å². The molecule has 0 atom stereocenters. The van der Waals surface area contributed by atoms with Gasteiger partial charge in [-0.15, -0.1) is 0 Å². The molecule has 0 fully saturated rings. The van der Waals surface area contributed by atoms with Gasteiger partial charge in [0.2, 0.25) is 5.91 Å². The van der Waals surface area contributed by atoms with Crippen LogP contribution in [0, 0.1) is 0 Å². The molecule has 0 radical (unpaired) electrons. The molecule has 0 aliphatic rings. The summed E-state index contributed by atoms with van der Waals surface area (Å²) in [6, 6.07) is 0. The van der Waals surface area contributed by atoms with Gasteiger partial charge < -0.3 is 10.6 Å². The summed E-state index contributed by atoms with van der Waals surface area (Å²) in [5.74, 6) is 0.131. The molecular weight excluding hydrogens is 222 g/mol. The average molecular weight is 245 g/mol. The Balaban J connectivity index is 3.97. The first-order chi connectivity index (χ1) is 7.51. The van der Waals surface area contributed by atoms with E-state index in [-0.39, 0.29) is 5.91 Å². The average Bonchev–Trinajstić information content (AvgIpc) is 2.24. The van der Waals surface area contributed by atoms with Crippen molar-refractivity contribution in [3.8, 4) is 0 Å². The van der Waals surface area contributed by atoms with Gasteiger partial charge in [-0.25, -0.2) is 0 Å². The lowest BCUT2D eigenvalue weighted by molar-refractivity contribution is -0.131. The van der Waals surface area contributed by atoms with Crippen molar-refractivity contribution in [2.24, 2.45) is 5.73 Å². The number of thiocarbonyl (C=S) groups is 1. The molecule has 4 nitrogen and oxygen atoms in total. The zero-order valence-corrected chi connectivity index (χ0v) is 11.3. The largest absolute Gasteiger partial charge is 0.393 e. The van der Waals surface area contributed by atoms with Crippen molar-refractivity contribution >= 4 is 23.1 Å². The Morgan fingerprint density at radius 2 is 1.94 bits per heavy atom. The highest BCUT2D eigenvalue weighted by molar-refractivity contribution is 7.80. The van der Waals surface area contributed by atoms with Gasteiger partial charge in [-0.3, -0.25) is 9.69 Å². The Hall–Kier alpha value is -0.680. The molecule has 0 aromatic rings. The van der Waals surface area contributed by atoms with Crippen LogP contribution in [0.5, 0.6) is 0 Å². The third-order valence-corrected chi connectivity index (χ3v) is 2.67. The van der Waals surface area contributed by atoms with E-state index < -0.39 is 0 Å². The fraction of sp³-hybridized carbons (Fsp3) is 0.818.